The van der Waals surface area contributed by atoms with Crippen molar-refractivity contribution in [3.05, 3.63) is 35.4 Å². The molecule has 0 saturated carbocycles. The second-order valence-corrected chi connectivity index (χ2v) is 3.78. The van der Waals surface area contributed by atoms with Crippen LogP contribution < -0.4 is 5.73 Å². The number of esters is 1. The van der Waals surface area contributed by atoms with E-state index in [-0.39, 0.29) is 12.0 Å². The summed E-state index contributed by atoms with van der Waals surface area (Å²) in [4.78, 5) is 21.9. The Bertz CT molecular complexity index is 446. The quantitative estimate of drug-likeness (QED) is 0.626. The number of ether oxygens (including phenoxy) is 1. The van der Waals surface area contributed by atoms with Crippen molar-refractivity contribution < 1.29 is 24.5 Å². The van der Waals surface area contributed by atoms with Crippen LogP contribution in [0.15, 0.2) is 24.3 Å². The van der Waals surface area contributed by atoms with Crippen LogP contribution in [-0.2, 0) is 9.53 Å². The van der Waals surface area contributed by atoms with Crippen molar-refractivity contribution in [2.45, 2.75) is 18.6 Å². The zero-order valence-corrected chi connectivity index (χ0v) is 9.87. The molecule has 0 aliphatic carbocycles. The molecule has 0 fully saturated rings. The summed E-state index contributed by atoms with van der Waals surface area (Å²) < 4.78 is 4.38. The van der Waals surface area contributed by atoms with Crippen molar-refractivity contribution in [1.29, 1.82) is 0 Å². The maximum atomic E-state index is 11.0. The number of primary amides is 1. The number of carbonyl (C=O) groups is 2. The van der Waals surface area contributed by atoms with E-state index in [0.29, 0.717) is 5.56 Å². The van der Waals surface area contributed by atoms with Gasteiger partial charge in [-0.1, -0.05) is 12.1 Å². The van der Waals surface area contributed by atoms with Gasteiger partial charge in [0.25, 0.3) is 0 Å². The Hall–Kier alpha value is -1.92. The predicted octanol–water partition coefficient (Wildman–Crippen LogP) is -0.257. The SMILES string of the molecule is COC(=O)CC(O)C(O)c1cccc(C(N)=O)c1. The number of benzene rings is 1. The molecule has 18 heavy (non-hydrogen) atoms. The summed E-state index contributed by atoms with van der Waals surface area (Å²) in [5, 5.41) is 19.5. The van der Waals surface area contributed by atoms with Crippen LogP contribution in [0.2, 0.25) is 0 Å². The predicted molar refractivity (Wildman–Crippen MR) is 62.6 cm³/mol. The molecule has 0 aliphatic rings. The third-order valence-electron chi connectivity index (χ3n) is 2.48. The molecule has 0 aliphatic heterocycles. The van der Waals surface area contributed by atoms with E-state index in [1.54, 1.807) is 0 Å². The lowest BCUT2D eigenvalue weighted by Gasteiger charge is -2.17. The standard InChI is InChI=1S/C12H15NO5/c1-18-10(15)6-9(14)11(16)7-3-2-4-8(5-7)12(13)17/h2-5,9,11,14,16H,6H2,1H3,(H2,13,17). The van der Waals surface area contributed by atoms with Gasteiger partial charge in [0.05, 0.1) is 19.6 Å². The van der Waals surface area contributed by atoms with Crippen LogP contribution in [0.5, 0.6) is 0 Å². The highest BCUT2D eigenvalue weighted by molar-refractivity contribution is 5.92. The molecule has 2 atom stereocenters. The van der Waals surface area contributed by atoms with E-state index in [1.165, 1.54) is 31.4 Å². The van der Waals surface area contributed by atoms with Crippen molar-refractivity contribution in [3.63, 3.8) is 0 Å². The van der Waals surface area contributed by atoms with Crippen molar-refractivity contribution in [1.82, 2.24) is 0 Å². The first-order valence-corrected chi connectivity index (χ1v) is 5.28. The van der Waals surface area contributed by atoms with Gasteiger partial charge in [0.15, 0.2) is 0 Å². The number of aliphatic hydroxyl groups is 2. The molecule has 6 heteroatoms. The lowest BCUT2D eigenvalue weighted by Crippen LogP contribution is -2.23. The van der Waals surface area contributed by atoms with Gasteiger partial charge < -0.3 is 20.7 Å². The molecule has 2 unspecified atom stereocenters. The van der Waals surface area contributed by atoms with Crippen LogP contribution in [-0.4, -0.2) is 35.3 Å². The largest absolute Gasteiger partial charge is 0.469 e. The van der Waals surface area contributed by atoms with Crippen LogP contribution in [0.25, 0.3) is 0 Å². The van der Waals surface area contributed by atoms with Crippen LogP contribution >= 0.6 is 0 Å². The molecule has 0 bridgehead atoms. The van der Waals surface area contributed by atoms with E-state index in [0.717, 1.165) is 0 Å². The fourth-order valence-corrected chi connectivity index (χ4v) is 1.46. The summed E-state index contributed by atoms with van der Waals surface area (Å²) >= 11 is 0. The van der Waals surface area contributed by atoms with E-state index >= 15 is 0 Å². The molecular weight excluding hydrogens is 238 g/mol. The summed E-state index contributed by atoms with van der Waals surface area (Å²) in [6.07, 6.45) is -2.93. The van der Waals surface area contributed by atoms with Crippen molar-refractivity contribution in [2.75, 3.05) is 7.11 Å². The topological polar surface area (TPSA) is 110 Å². The van der Waals surface area contributed by atoms with E-state index in [2.05, 4.69) is 4.74 Å². The zero-order valence-electron chi connectivity index (χ0n) is 9.87. The number of aliphatic hydroxyl groups excluding tert-OH is 2. The van der Waals surface area contributed by atoms with Gasteiger partial charge in [-0.05, 0) is 17.7 Å². The van der Waals surface area contributed by atoms with Crippen molar-refractivity contribution >= 4 is 11.9 Å². The van der Waals surface area contributed by atoms with E-state index < -0.39 is 24.1 Å². The van der Waals surface area contributed by atoms with Gasteiger partial charge >= 0.3 is 5.97 Å². The van der Waals surface area contributed by atoms with Crippen LogP contribution in [0.4, 0.5) is 0 Å². The molecule has 1 rings (SSSR count). The van der Waals surface area contributed by atoms with Gasteiger partial charge in [-0.15, -0.1) is 0 Å². The van der Waals surface area contributed by atoms with Gasteiger partial charge in [-0.3, -0.25) is 9.59 Å². The molecule has 0 saturated heterocycles. The molecule has 98 valence electrons. The summed E-state index contributed by atoms with van der Waals surface area (Å²) in [5.41, 5.74) is 5.63. The number of hydrogen-bond acceptors (Lipinski definition) is 5. The van der Waals surface area contributed by atoms with Crippen LogP contribution in [0.3, 0.4) is 0 Å². The Morgan fingerprint density at radius 3 is 2.61 bits per heavy atom. The Morgan fingerprint density at radius 1 is 1.39 bits per heavy atom. The summed E-state index contributed by atoms with van der Waals surface area (Å²) in [5.74, 6) is -1.26. The summed E-state index contributed by atoms with van der Waals surface area (Å²) in [7, 11) is 1.19. The molecule has 1 amide bonds. The summed E-state index contributed by atoms with van der Waals surface area (Å²) in [6.45, 7) is 0. The van der Waals surface area contributed by atoms with Gasteiger partial charge in [0.2, 0.25) is 5.91 Å². The molecule has 0 radical (unpaired) electrons. The number of carbonyl (C=O) groups excluding carboxylic acids is 2. The van der Waals surface area contributed by atoms with E-state index in [1.807, 2.05) is 0 Å². The number of hydrogen-bond donors (Lipinski definition) is 3. The highest BCUT2D eigenvalue weighted by atomic mass is 16.5. The third-order valence-corrected chi connectivity index (χ3v) is 2.48. The third kappa shape index (κ3) is 3.54. The lowest BCUT2D eigenvalue weighted by molar-refractivity contribution is -0.144. The second kappa shape index (κ2) is 6.13. The Balaban J connectivity index is 2.82. The Labute approximate surface area is 104 Å². The number of methoxy groups -OCH3 is 1. The minimum Gasteiger partial charge on any atom is -0.469 e. The van der Waals surface area contributed by atoms with E-state index in [4.69, 9.17) is 5.73 Å². The first-order chi connectivity index (χ1) is 8.45. The molecule has 0 aromatic heterocycles. The zero-order chi connectivity index (χ0) is 13.7. The van der Waals surface area contributed by atoms with Gasteiger partial charge in [-0.25, -0.2) is 0 Å². The number of nitrogens with two attached hydrogens (primary N) is 1. The first-order valence-electron chi connectivity index (χ1n) is 5.28. The van der Waals surface area contributed by atoms with Gasteiger partial charge in [-0.2, -0.15) is 0 Å². The minimum absolute atomic E-state index is 0.219. The fourth-order valence-electron chi connectivity index (χ4n) is 1.46. The molecule has 1 aromatic rings. The average Bonchev–Trinajstić information content (AvgIpc) is 2.37. The van der Waals surface area contributed by atoms with E-state index in [9.17, 15) is 19.8 Å². The normalized spacial score (nSPS) is 13.7. The summed E-state index contributed by atoms with van der Waals surface area (Å²) in [6, 6.07) is 5.92. The number of amides is 1. The molecule has 0 heterocycles. The highest BCUT2D eigenvalue weighted by Gasteiger charge is 2.22. The Kier molecular flexibility index (Phi) is 4.82. The number of rotatable bonds is 5. The second-order valence-electron chi connectivity index (χ2n) is 3.78. The molecule has 1 aromatic carbocycles. The minimum atomic E-state index is -1.31. The highest BCUT2D eigenvalue weighted by Crippen LogP contribution is 2.20. The first kappa shape index (κ1) is 14.1. The lowest BCUT2D eigenvalue weighted by atomic mass is 10.00. The molecule has 4 N–H and O–H groups in total. The molecule has 6 nitrogen and oxygen atoms in total. The van der Waals surface area contributed by atoms with Crippen LogP contribution in [0, 0.1) is 0 Å². The van der Waals surface area contributed by atoms with Crippen molar-refractivity contribution in [3.8, 4) is 0 Å². The van der Waals surface area contributed by atoms with Crippen LogP contribution in [0.1, 0.15) is 28.4 Å². The average molecular weight is 253 g/mol. The maximum absolute atomic E-state index is 11.0. The van der Waals surface area contributed by atoms with Gasteiger partial charge in [0.1, 0.15) is 6.10 Å². The fraction of sp³-hybridized carbons (Fsp3) is 0.333. The van der Waals surface area contributed by atoms with Gasteiger partial charge in [0, 0.05) is 5.56 Å². The molecule has 0 spiro atoms. The monoisotopic (exact) mass is 253 g/mol. The maximum Gasteiger partial charge on any atom is 0.308 e. The Morgan fingerprint density at radius 2 is 2.06 bits per heavy atom. The smallest absolute Gasteiger partial charge is 0.308 e. The van der Waals surface area contributed by atoms with Crippen molar-refractivity contribution in [2.24, 2.45) is 5.73 Å². The molecular formula is C12H15NO5.